The molecule has 35 heteroatoms. The van der Waals surface area contributed by atoms with E-state index in [1.165, 1.54) is 4.90 Å². The zero-order valence-electron chi connectivity index (χ0n) is 58.7. The van der Waals surface area contributed by atoms with Gasteiger partial charge >= 0.3 is 0 Å². The Kier molecular flexibility index (Phi) is 56.9. The largest absolute Gasteiger partial charge is 0.463 e. The second-order valence-corrected chi connectivity index (χ2v) is 23.0. The maximum atomic E-state index is 13.5. The molecule has 0 heterocycles. The number of nitrogens with one attached hydrogen (secondary N) is 4. The number of unbranched alkanes of at least 4 members (excludes halogenated alkanes) is 2. The van der Waals surface area contributed by atoms with Crippen molar-refractivity contribution in [2.45, 2.75) is 132 Å². The van der Waals surface area contributed by atoms with Gasteiger partial charge in [0.25, 0.3) is 6.45 Å². The van der Waals surface area contributed by atoms with E-state index in [4.69, 9.17) is 79.9 Å². The zero-order valence-corrected chi connectivity index (χ0v) is 57.7. The van der Waals surface area contributed by atoms with Crippen LogP contribution in [0.5, 0.6) is 0 Å². The van der Waals surface area contributed by atoms with Gasteiger partial charge in [-0.15, -0.1) is 0 Å². The minimum Gasteiger partial charge on any atom is -0.463 e. The summed E-state index contributed by atoms with van der Waals surface area (Å²) in [5.41, 5.74) is 12.9. The van der Waals surface area contributed by atoms with Crippen LogP contribution in [0.4, 0.5) is 5.69 Å². The zero-order chi connectivity index (χ0) is 74.0. The molecule has 0 aliphatic carbocycles. The number of benzene rings is 1. The molecular formula is C64H119N7O28. The fourth-order valence-electron chi connectivity index (χ4n) is 8.79. The van der Waals surface area contributed by atoms with Gasteiger partial charge in [-0.3, -0.25) is 28.9 Å². The summed E-state index contributed by atoms with van der Waals surface area (Å²) in [4.78, 5) is 64.4. The molecule has 0 radical (unpaired) electrons. The Bertz CT molecular complexity index is 2150. The van der Waals surface area contributed by atoms with Gasteiger partial charge in [0.1, 0.15) is 55.3 Å². The maximum absolute atomic E-state index is 13.5. The van der Waals surface area contributed by atoms with Crippen LogP contribution >= 0.6 is 0 Å². The quantitative estimate of drug-likeness (QED) is 0.0214. The number of amides is 4. The van der Waals surface area contributed by atoms with E-state index in [-0.39, 0.29) is 64.4 Å². The average molecular weight is 1440 g/mol. The molecule has 0 aromatic heterocycles. The number of aliphatic hydroxyl groups is 10. The fraction of sp³-hybridized carbons (Fsp3) is 0.828. The second-order valence-electron chi connectivity index (χ2n) is 23.0. The molecule has 1 aromatic carbocycles. The normalized spacial score (nSPS) is 15.3. The smallest absolute Gasteiger partial charge is 0.293 e. The van der Waals surface area contributed by atoms with E-state index in [1.54, 1.807) is 38.1 Å². The van der Waals surface area contributed by atoms with E-state index >= 15 is 0 Å². The van der Waals surface area contributed by atoms with E-state index in [0.29, 0.717) is 188 Å². The first-order valence-electron chi connectivity index (χ1n) is 34.3. The number of carbonyl (C=O) groups is 5. The highest BCUT2D eigenvalue weighted by atomic mass is 16.6. The molecule has 0 saturated carbocycles. The van der Waals surface area contributed by atoms with E-state index in [2.05, 4.69) is 26.0 Å². The highest BCUT2D eigenvalue weighted by Gasteiger charge is 2.35. The van der Waals surface area contributed by atoms with Crippen LogP contribution in [0.15, 0.2) is 24.3 Å². The van der Waals surface area contributed by atoms with Crippen molar-refractivity contribution >= 4 is 35.8 Å². The third-order valence-corrected chi connectivity index (χ3v) is 14.6. The summed E-state index contributed by atoms with van der Waals surface area (Å²) in [5.74, 6) is -2.02. The van der Waals surface area contributed by atoms with Crippen molar-refractivity contribution in [3.63, 3.8) is 0 Å². The van der Waals surface area contributed by atoms with Crippen LogP contribution in [0.3, 0.4) is 0 Å². The molecule has 1 rings (SSSR count). The molecule has 35 nitrogen and oxygen atoms in total. The Labute approximate surface area is 582 Å². The Balaban J connectivity index is 1.97. The Morgan fingerprint density at radius 2 is 0.889 bits per heavy atom. The number of hydrogen-bond acceptors (Lipinski definition) is 31. The van der Waals surface area contributed by atoms with Crippen LogP contribution in [0.1, 0.15) is 65.7 Å². The van der Waals surface area contributed by atoms with E-state index < -0.39 is 117 Å². The number of carbonyl (C=O) groups excluding carboxylic acids is 5. The van der Waals surface area contributed by atoms with Crippen molar-refractivity contribution in [1.82, 2.24) is 20.9 Å². The van der Waals surface area contributed by atoms with Crippen LogP contribution in [0, 0.1) is 5.92 Å². The molecular weight excluding hydrogens is 1310 g/mol. The minimum atomic E-state index is -1.89. The Morgan fingerprint density at radius 1 is 0.505 bits per heavy atom. The monoisotopic (exact) mass is 1430 g/mol. The van der Waals surface area contributed by atoms with Gasteiger partial charge < -0.3 is 145 Å². The highest BCUT2D eigenvalue weighted by Crippen LogP contribution is 2.15. The van der Waals surface area contributed by atoms with Gasteiger partial charge in [-0.25, -0.2) is 0 Å². The van der Waals surface area contributed by atoms with Crippen molar-refractivity contribution in [1.29, 1.82) is 0 Å². The molecule has 0 spiro atoms. The molecule has 0 saturated heterocycles. The number of hydrogen-bond donors (Lipinski definition) is 16. The SMILES string of the molecule is [2H]C(=O)OCc1ccc(NC(=O)[C@H](CCCCN)NC(=O)[C@@H](NC(=O)[C@@H](N)CCCCNC(=O)CCOCCOCCOCCOCCOCCOCCOCCOCCOCCOCCOCCOCCN(C[C@H](O)[C@@H](O)[C@H](O)[C@H](O)CO)C[C@H](O)[C@@H](O)[C@H](O)[C@H](O)CO)C(C)C)cc1. The first-order chi connectivity index (χ1) is 48.2. The summed E-state index contributed by atoms with van der Waals surface area (Å²) < 4.78 is 77.6. The lowest BCUT2D eigenvalue weighted by molar-refractivity contribution is -0.132. The standard InChI is InChI=1S/C64H119N7O28/c1-47(2)57(64(86)69-51(8-3-5-14-65)63(85)68-49-11-9-48(10-12-49)45-99-46-74)70-62(84)50(66)7-4-6-15-67-56(79)13-17-87-19-21-89-23-25-91-27-29-93-31-33-95-35-37-97-39-40-98-38-36-96-34-32-94-30-28-92-26-24-90-22-20-88-18-16-71(41-52(75)58(80)60(82)54(77)43-72)42-53(76)59(81)61(83)55(78)44-73/h9-12,46-47,50-55,57-61,72-73,75-78,80-83H,3-8,13-45,65-66H2,1-2H3,(H,67,79)(H,68,85)(H,69,86)(H,70,84)/t50-,51-,52-,53-,54+,55+,57-,58+,59+,60+,61+/m0/s1/i46D. The van der Waals surface area contributed by atoms with Gasteiger partial charge in [-0.2, -0.15) is 0 Å². The predicted molar refractivity (Wildman–Crippen MR) is 355 cm³/mol. The summed E-state index contributed by atoms with van der Waals surface area (Å²) in [5, 5.41) is 110. The van der Waals surface area contributed by atoms with E-state index in [0.717, 1.165) is 0 Å². The van der Waals surface area contributed by atoms with Gasteiger partial charge in [-0.1, -0.05) is 26.0 Å². The molecule has 0 bridgehead atoms. The number of ether oxygens (including phenoxy) is 13. The summed E-state index contributed by atoms with van der Waals surface area (Å²) >= 11 is 0. The number of nitrogens with zero attached hydrogens (tertiary/aromatic N) is 1. The van der Waals surface area contributed by atoms with Crippen LogP contribution < -0.4 is 32.7 Å². The first-order valence-corrected chi connectivity index (χ1v) is 33.8. The molecule has 4 amide bonds. The van der Waals surface area contributed by atoms with Crippen molar-refractivity contribution in [2.75, 3.05) is 210 Å². The number of nitrogens with two attached hydrogens (primary N) is 2. The molecule has 11 atom stereocenters. The van der Waals surface area contributed by atoms with Crippen LogP contribution in [0.2, 0.25) is 0 Å². The maximum Gasteiger partial charge on any atom is 0.293 e. The third kappa shape index (κ3) is 48.2. The lowest BCUT2D eigenvalue weighted by Gasteiger charge is -2.33. The van der Waals surface area contributed by atoms with Crippen LogP contribution in [0.25, 0.3) is 0 Å². The lowest BCUT2D eigenvalue weighted by atomic mass is 10.0. The number of aliphatic hydroxyl groups excluding tert-OH is 10. The molecule has 0 aliphatic rings. The number of rotatable bonds is 69. The van der Waals surface area contributed by atoms with Gasteiger partial charge in [-0.05, 0) is 68.7 Å². The highest BCUT2D eigenvalue weighted by molar-refractivity contribution is 5.98. The van der Waals surface area contributed by atoms with Gasteiger partial charge in [0.05, 0.1) is 190 Å². The Morgan fingerprint density at radius 3 is 1.27 bits per heavy atom. The minimum absolute atomic E-state index is 0.0139. The Hall–Kier alpha value is -4.43. The first kappa shape index (κ1) is 90.7. The third-order valence-electron chi connectivity index (χ3n) is 14.6. The average Bonchev–Trinajstić information content (AvgIpc) is 0.877. The van der Waals surface area contributed by atoms with Crippen LogP contribution in [-0.2, 0) is 92.2 Å². The molecule has 99 heavy (non-hydrogen) atoms. The molecule has 1 aromatic rings. The van der Waals surface area contributed by atoms with Crippen molar-refractivity contribution in [3.8, 4) is 0 Å². The molecule has 0 fully saturated rings. The fourth-order valence-corrected chi connectivity index (χ4v) is 8.79. The molecule has 18 N–H and O–H groups in total. The lowest BCUT2D eigenvalue weighted by Crippen LogP contribution is -2.56. The molecule has 578 valence electrons. The topological polar surface area (TPSA) is 511 Å². The number of anilines is 1. The van der Waals surface area contributed by atoms with Gasteiger partial charge in [0, 0.05) is 38.3 Å². The molecule has 0 aliphatic heterocycles. The summed E-state index contributed by atoms with van der Waals surface area (Å²) in [6.07, 6.45) is -12.5. The summed E-state index contributed by atoms with van der Waals surface area (Å²) in [6.45, 7) is 9.78. The second kappa shape index (κ2) is 62.2. The molecule has 0 unspecified atom stereocenters. The summed E-state index contributed by atoms with van der Waals surface area (Å²) in [6, 6.07) is 3.69. The van der Waals surface area contributed by atoms with Gasteiger partial charge in [0.15, 0.2) is 1.37 Å². The van der Waals surface area contributed by atoms with Gasteiger partial charge in [0.2, 0.25) is 23.6 Å². The van der Waals surface area contributed by atoms with Crippen molar-refractivity contribution in [2.24, 2.45) is 17.4 Å². The van der Waals surface area contributed by atoms with Crippen molar-refractivity contribution < 1.29 is 138 Å². The predicted octanol–water partition coefficient (Wildman–Crippen LogP) is -5.57. The van der Waals surface area contributed by atoms with E-state index in [9.17, 15) is 64.8 Å². The summed E-state index contributed by atoms with van der Waals surface area (Å²) in [7, 11) is 0. The van der Waals surface area contributed by atoms with Crippen molar-refractivity contribution in [3.05, 3.63) is 29.8 Å². The van der Waals surface area contributed by atoms with Crippen LogP contribution in [-0.4, -0.2) is 358 Å². The van der Waals surface area contributed by atoms with E-state index in [1.807, 2.05) is 0 Å².